The number of allylic oxidation sites excluding steroid dienone is 8. The van der Waals surface area contributed by atoms with Crippen molar-refractivity contribution in [3.8, 4) is 56.3 Å². The van der Waals surface area contributed by atoms with Crippen molar-refractivity contribution in [1.82, 2.24) is 39.9 Å². The van der Waals surface area contributed by atoms with Crippen LogP contribution in [-0.4, -0.2) is 29.9 Å². The van der Waals surface area contributed by atoms with Gasteiger partial charge in [0.1, 0.15) is 0 Å². The number of fused-ring (bicyclic) bond motifs is 16. The summed E-state index contributed by atoms with van der Waals surface area (Å²) in [6.45, 7) is 66.3. The second-order valence-electron chi connectivity index (χ2n) is 48.3. The fourth-order valence-electron chi connectivity index (χ4n) is 23.2. The first-order valence-electron chi connectivity index (χ1n) is 58.3. The van der Waals surface area contributed by atoms with Crippen LogP contribution >= 0.6 is 0 Å². The molecular weight excluding hydrogens is 1830 g/mol. The molecule has 6 aromatic heterocycles. The Balaban J connectivity index is 0.0000181. The number of nitrogens with zero attached hydrogens (tertiary/aromatic N) is 6. The van der Waals surface area contributed by atoms with E-state index in [1.165, 1.54) is 291 Å². The third-order valence-corrected chi connectivity index (χ3v) is 32.8. The predicted octanol–water partition coefficient (Wildman–Crippen LogP) is 40.8. The zero-order valence-corrected chi connectivity index (χ0v) is 100. The molecule has 0 fully saturated rings. The number of hydrogen-bond acceptors (Lipinski definition) is 4. The van der Waals surface area contributed by atoms with Crippen LogP contribution in [0, 0.1) is 39.5 Å². The molecule has 10 heterocycles. The Bertz CT molecular complexity index is 6670. The number of aromatic nitrogens is 8. The molecule has 0 amide bonds. The minimum atomic E-state index is -0.108. The number of aromatic amines is 2. The molecule has 0 radical (unpaired) electrons. The minimum Gasteiger partial charge on any atom is -0.657 e. The van der Waals surface area contributed by atoms with Gasteiger partial charge in [0.15, 0.2) is 0 Å². The van der Waals surface area contributed by atoms with Gasteiger partial charge in [-0.2, -0.15) is 0 Å². The van der Waals surface area contributed by atoms with Crippen molar-refractivity contribution in [3.63, 3.8) is 0 Å². The summed E-state index contributed by atoms with van der Waals surface area (Å²) in [5, 5.41) is 0. The van der Waals surface area contributed by atoms with Gasteiger partial charge in [-0.15, -0.1) is 22.1 Å². The Labute approximate surface area is 902 Å². The Morgan fingerprint density at radius 3 is 0.776 bits per heavy atom. The number of H-pyrrole nitrogens is 2. The minimum absolute atomic E-state index is 0. The first-order valence-corrected chi connectivity index (χ1v) is 58.3. The number of hydrogen-bond donors (Lipinski definition) is 2. The van der Waals surface area contributed by atoms with Gasteiger partial charge in [0.05, 0.1) is 56.6 Å². The molecule has 14 rings (SSSR count). The van der Waals surface area contributed by atoms with Gasteiger partial charge in [0.25, 0.3) is 0 Å². The molecule has 0 aliphatic carbocycles. The van der Waals surface area contributed by atoms with Gasteiger partial charge in [-0.05, 0) is 339 Å². The van der Waals surface area contributed by atoms with Gasteiger partial charge < -0.3 is 19.9 Å². The van der Waals surface area contributed by atoms with Gasteiger partial charge in [-0.25, -0.2) is 19.9 Å². The van der Waals surface area contributed by atoms with E-state index in [1.807, 2.05) is 0 Å². The summed E-state index contributed by atoms with van der Waals surface area (Å²) in [5.74, 6) is 7.51. The van der Waals surface area contributed by atoms with Crippen molar-refractivity contribution < 1.29 is 19.5 Å². The summed E-state index contributed by atoms with van der Waals surface area (Å²) in [7, 11) is 0. The molecule has 4 aliphatic rings. The van der Waals surface area contributed by atoms with Crippen molar-refractivity contribution >= 4 is 88.7 Å². The number of benzene rings is 4. The molecule has 778 valence electrons. The van der Waals surface area contributed by atoms with E-state index in [1.54, 1.807) is 0 Å². The second-order valence-corrected chi connectivity index (χ2v) is 48.3. The van der Waals surface area contributed by atoms with Crippen molar-refractivity contribution in [2.24, 2.45) is 0 Å². The van der Waals surface area contributed by atoms with E-state index >= 15 is 0 Å². The number of aryl methyl sites for hydroxylation is 8. The van der Waals surface area contributed by atoms with Crippen LogP contribution in [0.4, 0.5) is 0 Å². The fraction of sp³-hybridized carbons (Fsp3) is 0.522. The summed E-state index contributed by atoms with van der Waals surface area (Å²) >= 11 is 0. The molecule has 4 aromatic carbocycles. The van der Waals surface area contributed by atoms with Gasteiger partial charge in [0, 0.05) is 33.3 Å². The average molecular weight is 2020 g/mol. The molecule has 0 spiro atoms. The maximum absolute atomic E-state index is 6.13. The number of unbranched alkanes of at least 4 members (excludes halogenated alkanes) is 24. The Hall–Kier alpha value is -9.74. The SMILES string of the molecule is CCCCCCC1=C(C)c2nc1cc1[nH]c(c(C)c1CCCCCC)c(-c1cc(C(C)(C)C)cc(C(C)(C)C)c1)c1[nH]c(cc3nc(c2-c2ccc(C#Cc4ccc(-c5c6nc(cc7[n-]c(c(C)c7CCCCCC)c(-c7cc(C(C)(C)C)cc(C(C)(C)C)c7)c7nc(cc8[n-]c5c(C)c8CCCCCC)C(CCCCCC)=C7C)C(CCCCCC)=C6C)cc4)cc2)C(C)=C3CCCCCC)c(CCCCCC)c1C.[Zn+2]. The topological polar surface area (TPSA) is 111 Å². The van der Waals surface area contributed by atoms with E-state index < -0.39 is 0 Å². The van der Waals surface area contributed by atoms with Crippen LogP contribution in [0.3, 0.4) is 0 Å². The Morgan fingerprint density at radius 2 is 0.497 bits per heavy atom. The van der Waals surface area contributed by atoms with Crippen molar-refractivity contribution in [1.29, 1.82) is 0 Å². The summed E-state index contributed by atoms with van der Waals surface area (Å²) in [5.41, 5.74) is 54.2. The van der Waals surface area contributed by atoms with Gasteiger partial charge >= 0.3 is 19.5 Å². The monoisotopic (exact) mass is 2020 g/mol. The van der Waals surface area contributed by atoms with Crippen LogP contribution in [0.5, 0.6) is 0 Å². The Morgan fingerprint density at radius 1 is 0.252 bits per heavy atom. The van der Waals surface area contributed by atoms with Crippen LogP contribution < -0.4 is 9.97 Å². The summed E-state index contributed by atoms with van der Waals surface area (Å²) < 4.78 is 0. The second kappa shape index (κ2) is 51.4. The molecule has 0 saturated carbocycles. The molecule has 8 nitrogen and oxygen atoms in total. The van der Waals surface area contributed by atoms with E-state index in [4.69, 9.17) is 29.9 Å². The van der Waals surface area contributed by atoms with Crippen LogP contribution in [0.1, 0.15) is 521 Å². The van der Waals surface area contributed by atoms with Crippen LogP contribution in [0.15, 0.2) is 109 Å². The van der Waals surface area contributed by atoms with Crippen molar-refractivity contribution in [2.45, 2.75) is 472 Å². The molecule has 0 unspecified atom stereocenters. The van der Waals surface area contributed by atoms with Crippen LogP contribution in [0.25, 0.3) is 133 Å². The number of nitrogens with one attached hydrogen (secondary N) is 2. The molecular formula is C138H184N8Zn. The van der Waals surface area contributed by atoms with Gasteiger partial charge in [-0.1, -0.05) is 399 Å². The average Bonchev–Trinajstić information content (AvgIpc) is 1.58. The van der Waals surface area contributed by atoms with E-state index in [0.717, 1.165) is 222 Å². The zero-order chi connectivity index (χ0) is 105. The Kier molecular flexibility index (Phi) is 40.0. The first-order chi connectivity index (χ1) is 70.0. The molecule has 9 heteroatoms. The molecule has 147 heavy (non-hydrogen) atoms. The largest absolute Gasteiger partial charge is 2.00 e. The summed E-state index contributed by atoms with van der Waals surface area (Å²) in [4.78, 5) is 45.5. The number of rotatable bonds is 44. The molecule has 16 bridgehead atoms. The summed E-state index contributed by atoms with van der Waals surface area (Å²) in [6.07, 6.45) is 44.9. The van der Waals surface area contributed by atoms with Crippen LogP contribution in [0.2, 0.25) is 0 Å². The molecule has 4 aliphatic heterocycles. The standard InChI is InChI=1S/C138H184N8.Zn/c1-29-37-45-53-61-107-89(9)127-123(128-90(10)108(62-54-46-38-30-2)116(140-128)86-120-112(66-58-50-42-34-6)94(14)132(144-120)125(101-79-103(135(17,18)19)83-104(80-101)136(20,21)22)131-93(13)111(65-57-49-41-33-5)119(143-131)85-115(107)139-127)99-75-71-97(72-76-99)69-70-98-73-77-100(78-74-98)124-129-91(11)109(63-55-47-39-31-3)117(141-129)87-121-113(67-59-51-43-35-7)95(15)133(145-121)126(102-81-105(137(23,24)25)84-106(82-102)138(26,27)28)134-96(16)114(68-60-52-44-36-8)122(146-134)88-118-110(64-56-48-40-32-4)92(12)130(124)142-118;/h71-88,143-144H,29-68H2,1-28H3;/q-2;+2. The van der Waals surface area contributed by atoms with Gasteiger partial charge in [-0.3, -0.25) is 0 Å². The van der Waals surface area contributed by atoms with Gasteiger partial charge in [0.2, 0.25) is 0 Å². The fourth-order valence-corrected chi connectivity index (χ4v) is 23.2. The quantitative estimate of drug-likeness (QED) is 0.0224. The molecule has 0 saturated heterocycles. The van der Waals surface area contributed by atoms with Crippen molar-refractivity contribution in [2.75, 3.05) is 0 Å². The smallest absolute Gasteiger partial charge is 0.657 e. The van der Waals surface area contributed by atoms with E-state index in [0.29, 0.717) is 0 Å². The van der Waals surface area contributed by atoms with Crippen molar-refractivity contribution in [3.05, 3.63) is 233 Å². The van der Waals surface area contributed by atoms with Crippen LogP contribution in [-0.2, 0) is 66.8 Å². The zero-order valence-electron chi connectivity index (χ0n) is 97.1. The molecule has 2 N–H and O–H groups in total. The maximum Gasteiger partial charge on any atom is 2.00 e. The van der Waals surface area contributed by atoms with E-state index in [2.05, 4.69) is 325 Å². The summed E-state index contributed by atoms with van der Waals surface area (Å²) in [6, 6.07) is 43.2. The third-order valence-electron chi connectivity index (χ3n) is 32.8. The molecule has 10 aromatic rings. The third kappa shape index (κ3) is 26.7. The van der Waals surface area contributed by atoms with E-state index in [-0.39, 0.29) is 41.1 Å². The van der Waals surface area contributed by atoms with E-state index in [9.17, 15) is 0 Å². The normalized spacial score (nSPS) is 13.2. The molecule has 0 atom stereocenters. The predicted molar refractivity (Wildman–Crippen MR) is 638 cm³/mol. The maximum atomic E-state index is 6.13. The first kappa shape index (κ1) is 114.